The molecule has 5 nitrogen and oxygen atoms in total. The second-order valence-corrected chi connectivity index (χ2v) is 4.19. The third-order valence-electron chi connectivity index (χ3n) is 2.74. The van der Waals surface area contributed by atoms with Crippen molar-refractivity contribution in [1.82, 2.24) is 4.98 Å². The van der Waals surface area contributed by atoms with Gasteiger partial charge in [-0.2, -0.15) is 0 Å². The van der Waals surface area contributed by atoms with Gasteiger partial charge in [0.25, 0.3) is 0 Å². The maximum absolute atomic E-state index is 11.5. The van der Waals surface area contributed by atoms with Crippen molar-refractivity contribution >= 4 is 11.7 Å². The Bertz CT molecular complexity index is 416. The summed E-state index contributed by atoms with van der Waals surface area (Å²) in [5.41, 5.74) is 6.28. The number of esters is 1. The van der Waals surface area contributed by atoms with E-state index in [1.165, 1.54) is 32.2 Å². The Hall–Kier alpha value is -1.78. The molecule has 5 heteroatoms. The monoisotopic (exact) mass is 236 g/mol. The minimum absolute atomic E-state index is 0.281. The molecule has 0 amide bonds. The predicted octanol–water partition coefficient (Wildman–Crippen LogP) is 1.63. The summed E-state index contributed by atoms with van der Waals surface area (Å²) < 4.78 is 10.2. The smallest absolute Gasteiger partial charge is 0.343 e. The molecular weight excluding hydrogens is 220 g/mol. The number of methoxy groups -OCH3 is 1. The predicted molar refractivity (Wildman–Crippen MR) is 62.8 cm³/mol. The van der Waals surface area contributed by atoms with Gasteiger partial charge in [-0.15, -0.1) is 0 Å². The van der Waals surface area contributed by atoms with Gasteiger partial charge in [0.1, 0.15) is 5.56 Å². The number of rotatable bonds is 5. The van der Waals surface area contributed by atoms with Crippen molar-refractivity contribution in [1.29, 1.82) is 0 Å². The highest BCUT2D eigenvalue weighted by atomic mass is 16.5. The standard InChI is InChI=1S/C12H16N2O3/c1-16-12(15)10-6-9(13)7-14-11(10)17-5-4-8-2-3-8/h6-8H,2-5,13H2,1H3. The number of hydrogen-bond donors (Lipinski definition) is 1. The van der Waals surface area contributed by atoms with Crippen LogP contribution >= 0.6 is 0 Å². The Morgan fingerprint density at radius 2 is 2.35 bits per heavy atom. The van der Waals surface area contributed by atoms with Gasteiger partial charge in [0.2, 0.25) is 5.88 Å². The highest BCUT2D eigenvalue weighted by Gasteiger charge is 2.21. The van der Waals surface area contributed by atoms with Crippen molar-refractivity contribution in [2.24, 2.45) is 5.92 Å². The Balaban J connectivity index is 2.04. The van der Waals surface area contributed by atoms with Crippen LogP contribution in [-0.2, 0) is 4.74 Å². The molecule has 92 valence electrons. The molecule has 17 heavy (non-hydrogen) atoms. The fourth-order valence-electron chi connectivity index (χ4n) is 1.57. The van der Waals surface area contributed by atoms with Crippen LogP contribution < -0.4 is 10.5 Å². The summed E-state index contributed by atoms with van der Waals surface area (Å²) in [6.07, 6.45) is 5.04. The Kier molecular flexibility index (Phi) is 3.46. The summed E-state index contributed by atoms with van der Waals surface area (Å²) in [4.78, 5) is 15.5. The number of anilines is 1. The molecule has 0 atom stereocenters. The molecule has 0 bridgehead atoms. The first-order chi connectivity index (χ1) is 8.20. The lowest BCUT2D eigenvalue weighted by Crippen LogP contribution is -2.09. The summed E-state index contributed by atoms with van der Waals surface area (Å²) in [5, 5.41) is 0. The zero-order valence-electron chi connectivity index (χ0n) is 9.81. The number of nitrogens with zero attached hydrogens (tertiary/aromatic N) is 1. The van der Waals surface area contributed by atoms with Crippen LogP contribution in [0.5, 0.6) is 5.88 Å². The molecule has 2 N–H and O–H groups in total. The van der Waals surface area contributed by atoms with E-state index < -0.39 is 5.97 Å². The molecule has 1 saturated carbocycles. The van der Waals surface area contributed by atoms with E-state index in [9.17, 15) is 4.79 Å². The molecule has 0 unspecified atom stereocenters. The second kappa shape index (κ2) is 5.03. The lowest BCUT2D eigenvalue weighted by molar-refractivity contribution is 0.0595. The number of nitrogens with two attached hydrogens (primary N) is 1. The largest absolute Gasteiger partial charge is 0.477 e. The van der Waals surface area contributed by atoms with Gasteiger partial charge in [-0.25, -0.2) is 9.78 Å². The van der Waals surface area contributed by atoms with Crippen molar-refractivity contribution in [3.8, 4) is 5.88 Å². The first-order valence-corrected chi connectivity index (χ1v) is 5.67. The van der Waals surface area contributed by atoms with E-state index in [0.29, 0.717) is 18.2 Å². The maximum Gasteiger partial charge on any atom is 0.343 e. The van der Waals surface area contributed by atoms with Gasteiger partial charge in [-0.1, -0.05) is 12.8 Å². The van der Waals surface area contributed by atoms with E-state index in [0.717, 1.165) is 12.3 Å². The Morgan fingerprint density at radius 3 is 3.00 bits per heavy atom. The van der Waals surface area contributed by atoms with Crippen LogP contribution in [-0.4, -0.2) is 24.7 Å². The topological polar surface area (TPSA) is 74.4 Å². The molecule has 1 aromatic heterocycles. The van der Waals surface area contributed by atoms with E-state index in [4.69, 9.17) is 10.5 Å². The van der Waals surface area contributed by atoms with Crippen molar-refractivity contribution in [2.45, 2.75) is 19.3 Å². The average molecular weight is 236 g/mol. The second-order valence-electron chi connectivity index (χ2n) is 4.19. The molecule has 0 spiro atoms. The molecule has 1 aliphatic carbocycles. The number of pyridine rings is 1. The van der Waals surface area contributed by atoms with Crippen LogP contribution in [0.25, 0.3) is 0 Å². The molecule has 0 radical (unpaired) electrons. The highest BCUT2D eigenvalue weighted by Crippen LogP contribution is 2.32. The number of nitrogen functional groups attached to an aromatic ring is 1. The number of aromatic nitrogens is 1. The molecule has 0 saturated heterocycles. The first-order valence-electron chi connectivity index (χ1n) is 5.67. The molecular formula is C12H16N2O3. The minimum Gasteiger partial charge on any atom is -0.477 e. The van der Waals surface area contributed by atoms with E-state index >= 15 is 0 Å². The van der Waals surface area contributed by atoms with E-state index in [2.05, 4.69) is 9.72 Å². The summed E-state index contributed by atoms with van der Waals surface area (Å²) in [6, 6.07) is 1.52. The van der Waals surface area contributed by atoms with Gasteiger partial charge in [0, 0.05) is 0 Å². The molecule has 0 aromatic carbocycles. The third-order valence-corrected chi connectivity index (χ3v) is 2.74. The van der Waals surface area contributed by atoms with Crippen LogP contribution in [0.4, 0.5) is 5.69 Å². The third kappa shape index (κ3) is 3.09. The van der Waals surface area contributed by atoms with Gasteiger partial charge in [0.15, 0.2) is 0 Å². The maximum atomic E-state index is 11.5. The van der Waals surface area contributed by atoms with E-state index in [1.54, 1.807) is 0 Å². The molecule has 1 fully saturated rings. The average Bonchev–Trinajstić information content (AvgIpc) is 3.14. The van der Waals surface area contributed by atoms with Crippen molar-refractivity contribution in [3.63, 3.8) is 0 Å². The minimum atomic E-state index is -0.480. The van der Waals surface area contributed by atoms with Crippen LogP contribution in [0.15, 0.2) is 12.3 Å². The first kappa shape index (κ1) is 11.7. The van der Waals surface area contributed by atoms with E-state index in [-0.39, 0.29) is 5.56 Å². The quantitative estimate of drug-likeness (QED) is 0.786. The number of hydrogen-bond acceptors (Lipinski definition) is 5. The van der Waals surface area contributed by atoms with Crippen molar-refractivity contribution < 1.29 is 14.3 Å². The zero-order chi connectivity index (χ0) is 12.3. The molecule has 1 aromatic rings. The Morgan fingerprint density at radius 1 is 1.59 bits per heavy atom. The summed E-state index contributed by atoms with van der Waals surface area (Å²) in [7, 11) is 1.32. The van der Waals surface area contributed by atoms with Crippen LogP contribution in [0.1, 0.15) is 29.6 Å². The van der Waals surface area contributed by atoms with Gasteiger partial charge in [0.05, 0.1) is 25.6 Å². The van der Waals surface area contributed by atoms with Crippen LogP contribution in [0.3, 0.4) is 0 Å². The highest BCUT2D eigenvalue weighted by molar-refractivity contribution is 5.92. The fraction of sp³-hybridized carbons (Fsp3) is 0.500. The molecule has 1 heterocycles. The van der Waals surface area contributed by atoms with Gasteiger partial charge >= 0.3 is 5.97 Å². The van der Waals surface area contributed by atoms with Gasteiger partial charge in [-0.3, -0.25) is 0 Å². The number of carbonyl (C=O) groups excluding carboxylic acids is 1. The molecule has 1 aliphatic rings. The summed E-state index contributed by atoms with van der Waals surface area (Å²) in [6.45, 7) is 0.575. The summed E-state index contributed by atoms with van der Waals surface area (Å²) in [5.74, 6) is 0.600. The molecule has 0 aliphatic heterocycles. The lowest BCUT2D eigenvalue weighted by Gasteiger charge is -2.09. The SMILES string of the molecule is COC(=O)c1cc(N)cnc1OCCC1CC1. The van der Waals surface area contributed by atoms with Crippen LogP contribution in [0, 0.1) is 5.92 Å². The zero-order valence-corrected chi connectivity index (χ0v) is 9.81. The van der Waals surface area contributed by atoms with Crippen LogP contribution in [0.2, 0.25) is 0 Å². The van der Waals surface area contributed by atoms with Gasteiger partial charge in [-0.05, 0) is 18.4 Å². The number of ether oxygens (including phenoxy) is 2. The van der Waals surface area contributed by atoms with Crippen molar-refractivity contribution in [3.05, 3.63) is 17.8 Å². The summed E-state index contributed by atoms with van der Waals surface area (Å²) >= 11 is 0. The normalized spacial score (nSPS) is 14.4. The number of carbonyl (C=O) groups is 1. The van der Waals surface area contributed by atoms with E-state index in [1.807, 2.05) is 0 Å². The molecule has 2 rings (SSSR count). The fourth-order valence-corrected chi connectivity index (χ4v) is 1.57. The lowest BCUT2D eigenvalue weighted by atomic mass is 10.2. The van der Waals surface area contributed by atoms with Gasteiger partial charge < -0.3 is 15.2 Å². The van der Waals surface area contributed by atoms with Crippen molar-refractivity contribution in [2.75, 3.05) is 19.5 Å². The Labute approximate surface area is 99.9 Å².